The van der Waals surface area contributed by atoms with Crippen LogP contribution in [0, 0.1) is 0 Å². The predicted molar refractivity (Wildman–Crippen MR) is 257 cm³/mol. The van der Waals surface area contributed by atoms with Crippen molar-refractivity contribution in [3.63, 3.8) is 0 Å². The third-order valence-electron chi connectivity index (χ3n) is 11.3. The molecule has 330 valence electrons. The van der Waals surface area contributed by atoms with Gasteiger partial charge in [-0.25, -0.2) is 0 Å². The third kappa shape index (κ3) is 14.6. The van der Waals surface area contributed by atoms with Gasteiger partial charge in [-0.3, -0.25) is 19.2 Å². The van der Waals surface area contributed by atoms with Crippen molar-refractivity contribution in [3.05, 3.63) is 199 Å². The largest absolute Gasteiger partial charge is 0.463 e. The number of nitrogens with one attached hydrogen (secondary N) is 1. The van der Waals surface area contributed by atoms with E-state index in [2.05, 4.69) is 41.7 Å². The lowest BCUT2D eigenvalue weighted by molar-refractivity contribution is -0.159. The second kappa shape index (κ2) is 25.1. The number of aryl methyl sites for hydroxylation is 3. The van der Waals surface area contributed by atoms with Crippen LogP contribution >= 0.6 is 7.26 Å². The minimum atomic E-state index is -2.40. The molecule has 0 aromatic heterocycles. The molecular formula is C55H59NO7P+. The van der Waals surface area contributed by atoms with Gasteiger partial charge in [-0.1, -0.05) is 146 Å². The van der Waals surface area contributed by atoms with Crippen molar-refractivity contribution < 1.29 is 33.4 Å². The summed E-state index contributed by atoms with van der Waals surface area (Å²) < 4.78 is 17.7. The molecule has 0 heterocycles. The minimum absolute atomic E-state index is 0.0786. The van der Waals surface area contributed by atoms with Crippen LogP contribution < -0.4 is 21.2 Å². The standard InChI is InChI=1S/C55H58NO7P/c57-51(40-41-64(48-31-13-4-14-32-48,49-33-15-5-16-34-49)50-35-17-6-18-36-50)56-55(42-61-52(58)37-19-28-45-22-7-1-8-23-45,43-62-53(59)38-20-29-46-24-9-2-10-25-46)44-63-54(60)39-21-30-47-26-11-3-12-27-47/h1-18,22-27,31-36H,19-21,28-30,37-44H2/p+1. The van der Waals surface area contributed by atoms with Gasteiger partial charge >= 0.3 is 17.9 Å². The Morgan fingerprint density at radius 1 is 0.391 bits per heavy atom. The number of hydrogen-bond donors (Lipinski definition) is 1. The molecule has 1 N–H and O–H groups in total. The molecule has 0 spiro atoms. The lowest BCUT2D eigenvalue weighted by Crippen LogP contribution is -2.59. The maximum atomic E-state index is 14.6. The Balaban J connectivity index is 1.24. The molecule has 0 atom stereocenters. The van der Waals surface area contributed by atoms with Crippen LogP contribution in [-0.2, 0) is 52.7 Å². The summed E-state index contributed by atoms with van der Waals surface area (Å²) in [5.41, 5.74) is 1.76. The molecule has 8 nitrogen and oxygen atoms in total. The van der Waals surface area contributed by atoms with E-state index in [9.17, 15) is 19.2 Å². The first kappa shape index (κ1) is 47.1. The van der Waals surface area contributed by atoms with Crippen LogP contribution in [-0.4, -0.2) is 55.3 Å². The molecule has 0 aliphatic heterocycles. The SMILES string of the molecule is O=C(CC[P+](c1ccccc1)(c1ccccc1)c1ccccc1)NC(COC(=O)CCCc1ccccc1)(COC(=O)CCCc1ccccc1)COC(=O)CCCc1ccccc1. The van der Waals surface area contributed by atoms with Crippen LogP contribution in [0.1, 0.15) is 61.6 Å². The Morgan fingerprint density at radius 3 is 0.969 bits per heavy atom. The molecule has 0 fully saturated rings. The van der Waals surface area contributed by atoms with Crippen molar-refractivity contribution in [3.8, 4) is 0 Å². The second-order valence-corrected chi connectivity index (χ2v) is 19.7. The van der Waals surface area contributed by atoms with E-state index in [1.165, 1.54) is 0 Å². The summed E-state index contributed by atoms with van der Waals surface area (Å²) in [4.78, 5) is 54.7. The van der Waals surface area contributed by atoms with Crippen LogP contribution in [0.2, 0.25) is 0 Å². The van der Waals surface area contributed by atoms with E-state index < -0.39 is 30.7 Å². The maximum Gasteiger partial charge on any atom is 0.305 e. The zero-order valence-electron chi connectivity index (χ0n) is 36.5. The fourth-order valence-electron chi connectivity index (χ4n) is 7.86. The Kier molecular flexibility index (Phi) is 18.4. The number of rotatable bonds is 25. The Labute approximate surface area is 378 Å². The van der Waals surface area contributed by atoms with E-state index in [4.69, 9.17) is 14.2 Å². The molecule has 9 heteroatoms. The number of carbonyl (C=O) groups excluding carboxylic acids is 4. The number of esters is 3. The molecule has 0 saturated heterocycles. The molecule has 0 unspecified atom stereocenters. The van der Waals surface area contributed by atoms with Crippen molar-refractivity contribution in [2.45, 2.75) is 69.7 Å². The Bertz CT molecular complexity index is 2070. The molecule has 0 aliphatic carbocycles. The summed E-state index contributed by atoms with van der Waals surface area (Å²) in [7, 11) is -2.40. The van der Waals surface area contributed by atoms with Crippen LogP contribution in [0.4, 0.5) is 0 Å². The van der Waals surface area contributed by atoms with Gasteiger partial charge < -0.3 is 19.5 Å². The fourth-order valence-corrected chi connectivity index (χ4v) is 12.1. The van der Waals surface area contributed by atoms with E-state index >= 15 is 0 Å². The van der Waals surface area contributed by atoms with Gasteiger partial charge in [-0.15, -0.1) is 0 Å². The number of benzene rings is 6. The average molecular weight is 877 g/mol. The van der Waals surface area contributed by atoms with Gasteiger partial charge in [0.05, 0.1) is 12.6 Å². The predicted octanol–water partition coefficient (Wildman–Crippen LogP) is 8.92. The third-order valence-corrected chi connectivity index (χ3v) is 15.7. The van der Waals surface area contributed by atoms with Gasteiger partial charge in [0.2, 0.25) is 5.91 Å². The van der Waals surface area contributed by atoms with E-state index in [1.807, 2.05) is 146 Å². The van der Waals surface area contributed by atoms with E-state index in [0.717, 1.165) is 32.6 Å². The van der Waals surface area contributed by atoms with Crippen molar-refractivity contribution in [1.82, 2.24) is 5.32 Å². The average Bonchev–Trinajstić information content (AvgIpc) is 3.34. The molecule has 6 aromatic carbocycles. The molecule has 0 aliphatic rings. The van der Waals surface area contributed by atoms with Gasteiger partial charge in [0, 0.05) is 19.3 Å². The quantitative estimate of drug-likeness (QED) is 0.0348. The Morgan fingerprint density at radius 2 is 0.672 bits per heavy atom. The molecule has 6 aromatic rings. The van der Waals surface area contributed by atoms with E-state index in [1.54, 1.807) is 0 Å². The highest BCUT2D eigenvalue weighted by Gasteiger charge is 2.46. The summed E-state index contributed by atoms with van der Waals surface area (Å²) in [6, 6.07) is 60.6. The van der Waals surface area contributed by atoms with Crippen molar-refractivity contribution in [2.75, 3.05) is 26.0 Å². The highest BCUT2D eigenvalue weighted by Crippen LogP contribution is 2.55. The first-order valence-corrected chi connectivity index (χ1v) is 24.3. The van der Waals surface area contributed by atoms with Crippen LogP contribution in [0.3, 0.4) is 0 Å². The summed E-state index contributed by atoms with van der Waals surface area (Å²) in [6.45, 7) is -1.10. The van der Waals surface area contributed by atoms with Gasteiger partial charge in [0.15, 0.2) is 0 Å². The van der Waals surface area contributed by atoms with Gasteiger partial charge in [0.1, 0.15) is 48.5 Å². The fraction of sp³-hybridized carbons (Fsp3) is 0.273. The highest BCUT2D eigenvalue weighted by molar-refractivity contribution is 7.95. The first-order valence-electron chi connectivity index (χ1n) is 22.3. The first-order chi connectivity index (χ1) is 31.3. The van der Waals surface area contributed by atoms with Crippen molar-refractivity contribution in [2.24, 2.45) is 0 Å². The summed E-state index contributed by atoms with van der Waals surface area (Å²) in [5, 5.41) is 6.50. The van der Waals surface area contributed by atoms with E-state index in [0.29, 0.717) is 44.7 Å². The maximum absolute atomic E-state index is 14.6. The molecule has 0 bridgehead atoms. The zero-order chi connectivity index (χ0) is 44.7. The molecular weight excluding hydrogens is 818 g/mol. The number of hydrogen-bond acceptors (Lipinski definition) is 7. The van der Waals surface area contributed by atoms with Crippen molar-refractivity contribution >= 4 is 47.0 Å². The van der Waals surface area contributed by atoms with Crippen LogP contribution in [0.25, 0.3) is 0 Å². The van der Waals surface area contributed by atoms with E-state index in [-0.39, 0.29) is 51.4 Å². The Hall–Kier alpha value is -6.37. The number of carbonyl (C=O) groups is 4. The monoisotopic (exact) mass is 876 g/mol. The van der Waals surface area contributed by atoms with Crippen LogP contribution in [0.15, 0.2) is 182 Å². The minimum Gasteiger partial charge on any atom is -0.463 e. The molecule has 64 heavy (non-hydrogen) atoms. The number of ether oxygens (including phenoxy) is 3. The number of amides is 1. The normalized spacial score (nSPS) is 11.3. The molecule has 6 rings (SSSR count). The topological polar surface area (TPSA) is 108 Å². The summed E-state index contributed by atoms with van der Waals surface area (Å²) in [5.74, 6) is -1.77. The van der Waals surface area contributed by atoms with Crippen molar-refractivity contribution in [1.29, 1.82) is 0 Å². The molecule has 1 amide bonds. The summed E-state index contributed by atoms with van der Waals surface area (Å²) in [6.07, 6.45) is 4.69. The lowest BCUT2D eigenvalue weighted by Gasteiger charge is -2.34. The highest BCUT2D eigenvalue weighted by atomic mass is 31.2. The molecule has 0 saturated carbocycles. The van der Waals surface area contributed by atoms with Gasteiger partial charge in [0.25, 0.3) is 0 Å². The summed E-state index contributed by atoms with van der Waals surface area (Å²) >= 11 is 0. The van der Waals surface area contributed by atoms with Crippen LogP contribution in [0.5, 0.6) is 0 Å². The van der Waals surface area contributed by atoms with Gasteiger partial charge in [-0.2, -0.15) is 0 Å². The smallest absolute Gasteiger partial charge is 0.305 e. The second-order valence-electron chi connectivity index (χ2n) is 16.1. The lowest BCUT2D eigenvalue weighted by atomic mass is 10.0. The zero-order valence-corrected chi connectivity index (χ0v) is 37.4. The van der Waals surface area contributed by atoms with Gasteiger partial charge in [-0.05, 0) is 91.6 Å². The molecule has 0 radical (unpaired) electrons.